The van der Waals surface area contributed by atoms with E-state index in [9.17, 15) is 9.59 Å². The number of ether oxygens (including phenoxy) is 1. The molecule has 0 unspecified atom stereocenters. The standard InChI is InChI=1S/C23H26N2O3/c1-16-3-8-21(9-4-16)25(17(2)26)14-18-5-10-22-20(13-18)15-24(11-12-28-22)23(27)19-6-7-19/h3-5,8-10,13,19H,6-7,11-12,14-15H2,1-2H3. The minimum Gasteiger partial charge on any atom is -0.491 e. The van der Waals surface area contributed by atoms with Crippen LogP contribution in [0.25, 0.3) is 0 Å². The number of nitrogens with zero attached hydrogens (tertiary/aromatic N) is 2. The molecule has 0 bridgehead atoms. The Balaban J connectivity index is 1.56. The fourth-order valence-corrected chi connectivity index (χ4v) is 3.61. The lowest BCUT2D eigenvalue weighted by atomic mass is 10.1. The van der Waals surface area contributed by atoms with Crippen LogP contribution in [0.3, 0.4) is 0 Å². The third-order valence-electron chi connectivity index (χ3n) is 5.41. The molecule has 0 radical (unpaired) electrons. The van der Waals surface area contributed by atoms with Crippen LogP contribution < -0.4 is 9.64 Å². The Kier molecular flexibility index (Phi) is 5.07. The van der Waals surface area contributed by atoms with Crippen molar-refractivity contribution in [2.45, 2.75) is 39.8 Å². The maximum Gasteiger partial charge on any atom is 0.226 e. The molecule has 146 valence electrons. The zero-order valence-electron chi connectivity index (χ0n) is 16.5. The van der Waals surface area contributed by atoms with E-state index in [1.165, 1.54) is 0 Å². The van der Waals surface area contributed by atoms with Gasteiger partial charge in [-0.15, -0.1) is 0 Å². The number of hydrogen-bond acceptors (Lipinski definition) is 3. The molecule has 1 saturated carbocycles. The van der Waals surface area contributed by atoms with Crippen LogP contribution in [0, 0.1) is 12.8 Å². The summed E-state index contributed by atoms with van der Waals surface area (Å²) in [6, 6.07) is 14.0. The summed E-state index contributed by atoms with van der Waals surface area (Å²) in [5, 5.41) is 0. The highest BCUT2D eigenvalue weighted by Crippen LogP contribution is 2.33. The van der Waals surface area contributed by atoms with Gasteiger partial charge >= 0.3 is 0 Å². The molecule has 1 heterocycles. The fourth-order valence-electron chi connectivity index (χ4n) is 3.61. The van der Waals surface area contributed by atoms with Crippen molar-refractivity contribution in [1.29, 1.82) is 0 Å². The summed E-state index contributed by atoms with van der Waals surface area (Å²) in [6.07, 6.45) is 2.01. The molecule has 0 aromatic heterocycles. The van der Waals surface area contributed by atoms with Crippen LogP contribution >= 0.6 is 0 Å². The molecule has 0 N–H and O–H groups in total. The molecule has 2 aromatic rings. The molecule has 1 aliphatic heterocycles. The van der Waals surface area contributed by atoms with E-state index in [2.05, 4.69) is 6.07 Å². The highest BCUT2D eigenvalue weighted by Gasteiger charge is 2.34. The predicted octanol–water partition coefficient (Wildman–Crippen LogP) is 3.68. The first-order valence-electron chi connectivity index (χ1n) is 9.89. The molecule has 1 fully saturated rings. The summed E-state index contributed by atoms with van der Waals surface area (Å²) in [5.41, 5.74) is 4.08. The average molecular weight is 378 g/mol. The molecule has 2 amide bonds. The molecule has 4 rings (SSSR count). The Morgan fingerprint density at radius 1 is 1.14 bits per heavy atom. The Morgan fingerprint density at radius 3 is 2.57 bits per heavy atom. The van der Waals surface area contributed by atoms with Crippen molar-refractivity contribution in [2.75, 3.05) is 18.1 Å². The van der Waals surface area contributed by atoms with E-state index in [0.29, 0.717) is 26.2 Å². The van der Waals surface area contributed by atoms with E-state index >= 15 is 0 Å². The van der Waals surface area contributed by atoms with Gasteiger partial charge in [0.2, 0.25) is 11.8 Å². The largest absolute Gasteiger partial charge is 0.491 e. The van der Waals surface area contributed by atoms with Crippen LogP contribution in [0.4, 0.5) is 5.69 Å². The lowest BCUT2D eigenvalue weighted by Gasteiger charge is -2.23. The second kappa shape index (κ2) is 7.66. The Bertz CT molecular complexity index is 887. The van der Waals surface area contributed by atoms with Crippen LogP contribution in [0.1, 0.15) is 36.5 Å². The monoisotopic (exact) mass is 378 g/mol. The van der Waals surface area contributed by atoms with E-state index in [1.54, 1.807) is 11.8 Å². The molecule has 0 spiro atoms. The summed E-state index contributed by atoms with van der Waals surface area (Å²) in [6.45, 7) is 5.83. The molecule has 5 heteroatoms. The SMILES string of the molecule is CC(=O)N(Cc1ccc2c(c1)CN(C(=O)C1CC1)CCO2)c1ccc(C)cc1. The highest BCUT2D eigenvalue weighted by atomic mass is 16.5. The number of aryl methyl sites for hydroxylation is 1. The van der Waals surface area contributed by atoms with Crippen molar-refractivity contribution < 1.29 is 14.3 Å². The van der Waals surface area contributed by atoms with E-state index < -0.39 is 0 Å². The highest BCUT2D eigenvalue weighted by molar-refractivity contribution is 5.91. The average Bonchev–Trinajstić information content (AvgIpc) is 3.52. The first-order valence-corrected chi connectivity index (χ1v) is 9.89. The maximum atomic E-state index is 12.5. The minimum absolute atomic E-state index is 0.000540. The number of hydrogen-bond donors (Lipinski definition) is 0. The normalized spacial score (nSPS) is 16.0. The van der Waals surface area contributed by atoms with Crippen molar-refractivity contribution >= 4 is 17.5 Å². The van der Waals surface area contributed by atoms with Gasteiger partial charge in [-0.25, -0.2) is 0 Å². The summed E-state index contributed by atoms with van der Waals surface area (Å²) < 4.78 is 5.86. The van der Waals surface area contributed by atoms with Gasteiger partial charge in [-0.3, -0.25) is 9.59 Å². The van der Waals surface area contributed by atoms with Crippen molar-refractivity contribution in [1.82, 2.24) is 4.90 Å². The second-order valence-electron chi connectivity index (χ2n) is 7.77. The summed E-state index contributed by atoms with van der Waals surface area (Å²) >= 11 is 0. The number of carbonyl (C=O) groups is 2. The molecule has 2 aromatic carbocycles. The summed E-state index contributed by atoms with van der Waals surface area (Å²) in [4.78, 5) is 28.4. The molecule has 0 saturated heterocycles. The fraction of sp³-hybridized carbons (Fsp3) is 0.391. The molecule has 5 nitrogen and oxygen atoms in total. The van der Waals surface area contributed by atoms with Gasteiger partial charge in [0, 0.05) is 30.6 Å². The van der Waals surface area contributed by atoms with Crippen LogP contribution in [-0.2, 0) is 22.7 Å². The van der Waals surface area contributed by atoms with Crippen molar-refractivity contribution in [2.24, 2.45) is 5.92 Å². The van der Waals surface area contributed by atoms with Gasteiger partial charge in [-0.2, -0.15) is 0 Å². The number of benzene rings is 2. The quantitative estimate of drug-likeness (QED) is 0.815. The van der Waals surface area contributed by atoms with Crippen molar-refractivity contribution in [3.8, 4) is 5.75 Å². The van der Waals surface area contributed by atoms with E-state index in [-0.39, 0.29) is 17.7 Å². The van der Waals surface area contributed by atoms with Crippen LogP contribution in [0.5, 0.6) is 5.75 Å². The molecule has 2 aliphatic rings. The maximum absolute atomic E-state index is 12.5. The Hall–Kier alpha value is -2.82. The van der Waals surface area contributed by atoms with Gasteiger partial charge in [-0.1, -0.05) is 23.8 Å². The van der Waals surface area contributed by atoms with Gasteiger partial charge in [0.05, 0.1) is 13.1 Å². The zero-order valence-corrected chi connectivity index (χ0v) is 16.5. The predicted molar refractivity (Wildman–Crippen MR) is 108 cm³/mol. The number of rotatable bonds is 4. The minimum atomic E-state index is 0.000540. The molecule has 0 atom stereocenters. The molecule has 28 heavy (non-hydrogen) atoms. The smallest absolute Gasteiger partial charge is 0.226 e. The zero-order chi connectivity index (χ0) is 19.7. The van der Waals surface area contributed by atoms with Gasteiger partial charge in [-0.05, 0) is 49.6 Å². The first kappa shape index (κ1) is 18.5. The van der Waals surface area contributed by atoms with E-state index in [1.807, 2.05) is 48.2 Å². The number of anilines is 1. The summed E-state index contributed by atoms with van der Waals surface area (Å²) in [5.74, 6) is 1.28. The Morgan fingerprint density at radius 2 is 1.89 bits per heavy atom. The molecular formula is C23H26N2O3. The lowest BCUT2D eigenvalue weighted by molar-refractivity contribution is -0.133. The second-order valence-corrected chi connectivity index (χ2v) is 7.77. The summed E-state index contributed by atoms with van der Waals surface area (Å²) in [7, 11) is 0. The molecule has 1 aliphatic carbocycles. The van der Waals surface area contributed by atoms with E-state index in [4.69, 9.17) is 4.74 Å². The third-order valence-corrected chi connectivity index (χ3v) is 5.41. The van der Waals surface area contributed by atoms with Crippen molar-refractivity contribution in [3.05, 3.63) is 59.2 Å². The first-order chi connectivity index (χ1) is 13.5. The third kappa shape index (κ3) is 4.03. The topological polar surface area (TPSA) is 49.9 Å². The van der Waals surface area contributed by atoms with Gasteiger partial charge in [0.15, 0.2) is 0 Å². The van der Waals surface area contributed by atoms with E-state index in [0.717, 1.165) is 41.0 Å². The number of amides is 2. The number of carbonyl (C=O) groups excluding carboxylic acids is 2. The van der Waals surface area contributed by atoms with Crippen molar-refractivity contribution in [3.63, 3.8) is 0 Å². The van der Waals surface area contributed by atoms with Gasteiger partial charge in [0.25, 0.3) is 0 Å². The van der Waals surface area contributed by atoms with Crippen LogP contribution in [0.15, 0.2) is 42.5 Å². The van der Waals surface area contributed by atoms with Crippen LogP contribution in [0.2, 0.25) is 0 Å². The lowest BCUT2D eigenvalue weighted by Crippen LogP contribution is -2.33. The van der Waals surface area contributed by atoms with Gasteiger partial charge in [0.1, 0.15) is 12.4 Å². The van der Waals surface area contributed by atoms with Crippen LogP contribution in [-0.4, -0.2) is 29.9 Å². The Labute approximate surface area is 165 Å². The van der Waals surface area contributed by atoms with Gasteiger partial charge < -0.3 is 14.5 Å². The molecular weight excluding hydrogens is 352 g/mol. The number of fused-ring (bicyclic) bond motifs is 1.